The SMILES string of the molecule is CNCCCCC(NC)C(=O)NCC(C)=O.CNCCCCC(NC)C(=O)NCC(C)=O. The molecule has 10 heteroatoms. The monoisotopic (exact) mass is 458 g/mol. The van der Waals surface area contributed by atoms with Crippen LogP contribution >= 0.6 is 0 Å². The van der Waals surface area contributed by atoms with E-state index in [0.717, 1.165) is 51.6 Å². The molecule has 6 N–H and O–H groups in total. The number of carbonyl (C=O) groups excluding carboxylic acids is 4. The smallest absolute Gasteiger partial charge is 0.237 e. The summed E-state index contributed by atoms with van der Waals surface area (Å²) < 4.78 is 0. The molecule has 0 fully saturated rings. The Labute approximate surface area is 193 Å². The molecular weight excluding hydrogens is 412 g/mol. The summed E-state index contributed by atoms with van der Waals surface area (Å²) in [6.45, 7) is 5.08. The summed E-state index contributed by atoms with van der Waals surface area (Å²) in [6, 6.07) is -0.396. The topological polar surface area (TPSA) is 140 Å². The molecule has 0 aliphatic heterocycles. The van der Waals surface area contributed by atoms with E-state index in [1.54, 1.807) is 14.1 Å². The average Bonchev–Trinajstić information content (AvgIpc) is 2.76. The molecule has 0 saturated heterocycles. The minimum Gasteiger partial charge on any atom is -0.348 e. The van der Waals surface area contributed by atoms with Crippen LogP contribution in [0.1, 0.15) is 52.4 Å². The van der Waals surface area contributed by atoms with E-state index in [-0.39, 0.29) is 48.6 Å². The van der Waals surface area contributed by atoms with Crippen molar-refractivity contribution < 1.29 is 19.2 Å². The number of likely N-dealkylation sites (N-methyl/N-ethyl adjacent to an activating group) is 2. The van der Waals surface area contributed by atoms with Gasteiger partial charge in [-0.15, -0.1) is 0 Å². The molecule has 2 amide bonds. The zero-order chi connectivity index (χ0) is 24.8. The van der Waals surface area contributed by atoms with Gasteiger partial charge in [0.15, 0.2) is 0 Å². The number of amides is 2. The van der Waals surface area contributed by atoms with Crippen LogP contribution in [0, 0.1) is 0 Å². The van der Waals surface area contributed by atoms with Crippen molar-refractivity contribution >= 4 is 23.4 Å². The van der Waals surface area contributed by atoms with Crippen molar-refractivity contribution in [3.05, 3.63) is 0 Å². The maximum absolute atomic E-state index is 11.6. The van der Waals surface area contributed by atoms with E-state index in [1.165, 1.54) is 13.8 Å². The third kappa shape index (κ3) is 20.0. The number of ketones is 2. The second-order valence-corrected chi connectivity index (χ2v) is 7.72. The first kappa shape index (κ1) is 32.3. The number of Topliss-reactive ketones (excluding diaryl/α,β-unsaturated/α-hetero) is 2. The van der Waals surface area contributed by atoms with Gasteiger partial charge in [-0.1, -0.05) is 12.8 Å². The van der Waals surface area contributed by atoms with Gasteiger partial charge in [-0.25, -0.2) is 0 Å². The van der Waals surface area contributed by atoms with Crippen LogP contribution in [-0.2, 0) is 19.2 Å². The van der Waals surface area contributed by atoms with Crippen LogP contribution in [0.25, 0.3) is 0 Å². The van der Waals surface area contributed by atoms with E-state index in [9.17, 15) is 19.2 Å². The van der Waals surface area contributed by atoms with Crippen LogP contribution in [0.5, 0.6) is 0 Å². The second kappa shape index (κ2) is 22.3. The van der Waals surface area contributed by atoms with Crippen LogP contribution in [0.2, 0.25) is 0 Å². The lowest BCUT2D eigenvalue weighted by atomic mass is 10.1. The fourth-order valence-electron chi connectivity index (χ4n) is 2.78. The Morgan fingerprint density at radius 3 is 1.19 bits per heavy atom. The Kier molecular flexibility index (Phi) is 22.5. The Hall–Kier alpha value is -1.88. The molecule has 32 heavy (non-hydrogen) atoms. The molecule has 0 bridgehead atoms. The van der Waals surface area contributed by atoms with E-state index in [2.05, 4.69) is 31.9 Å². The van der Waals surface area contributed by atoms with Gasteiger partial charge in [-0.2, -0.15) is 0 Å². The van der Waals surface area contributed by atoms with E-state index in [1.807, 2.05) is 14.1 Å². The summed E-state index contributed by atoms with van der Waals surface area (Å²) in [4.78, 5) is 44.6. The molecule has 2 atom stereocenters. The molecule has 0 saturated carbocycles. The van der Waals surface area contributed by atoms with Crippen molar-refractivity contribution in [3.63, 3.8) is 0 Å². The first-order valence-corrected chi connectivity index (χ1v) is 11.4. The van der Waals surface area contributed by atoms with Gasteiger partial charge in [0.1, 0.15) is 11.6 Å². The lowest BCUT2D eigenvalue weighted by molar-refractivity contribution is -0.126. The average molecular weight is 459 g/mol. The van der Waals surface area contributed by atoms with Gasteiger partial charge in [0.05, 0.1) is 25.2 Å². The minimum absolute atomic E-state index is 0.0293. The summed E-state index contributed by atoms with van der Waals surface area (Å²) in [5, 5.41) is 17.3. The van der Waals surface area contributed by atoms with Gasteiger partial charge < -0.3 is 31.9 Å². The standard InChI is InChI=1S/2C11H23N3O2/c2*1-9(15)8-14-11(16)10(13-3)6-4-5-7-12-2/h2*10,12-13H,4-8H2,1-3H3,(H,14,16). The van der Waals surface area contributed by atoms with Gasteiger partial charge in [0.25, 0.3) is 0 Å². The Morgan fingerprint density at radius 1 is 0.594 bits per heavy atom. The molecule has 2 unspecified atom stereocenters. The molecule has 0 heterocycles. The number of unbranched alkanes of at least 4 members (excludes halogenated alkanes) is 2. The van der Waals surface area contributed by atoms with E-state index < -0.39 is 0 Å². The molecule has 0 aromatic heterocycles. The normalized spacial score (nSPS) is 12.2. The number of nitrogens with one attached hydrogen (secondary N) is 6. The first-order chi connectivity index (χ1) is 15.2. The fraction of sp³-hybridized carbons (Fsp3) is 0.818. The van der Waals surface area contributed by atoms with Gasteiger partial charge in [-0.05, 0) is 80.8 Å². The summed E-state index contributed by atoms with van der Waals surface area (Å²) >= 11 is 0. The Balaban J connectivity index is 0. The number of carbonyl (C=O) groups is 4. The molecule has 0 radical (unpaired) electrons. The van der Waals surface area contributed by atoms with Gasteiger partial charge in [-0.3, -0.25) is 19.2 Å². The highest BCUT2D eigenvalue weighted by molar-refractivity contribution is 5.87. The van der Waals surface area contributed by atoms with Crippen LogP contribution in [-0.4, -0.2) is 89.8 Å². The molecule has 10 nitrogen and oxygen atoms in total. The minimum atomic E-state index is -0.198. The van der Waals surface area contributed by atoms with Crippen molar-refractivity contribution in [1.82, 2.24) is 31.9 Å². The molecule has 0 rings (SSSR count). The van der Waals surface area contributed by atoms with Gasteiger partial charge in [0, 0.05) is 0 Å². The van der Waals surface area contributed by atoms with Crippen molar-refractivity contribution in [3.8, 4) is 0 Å². The molecule has 0 aliphatic carbocycles. The lowest BCUT2D eigenvalue weighted by Gasteiger charge is -2.15. The lowest BCUT2D eigenvalue weighted by Crippen LogP contribution is -2.44. The first-order valence-electron chi connectivity index (χ1n) is 11.4. The number of hydrogen-bond acceptors (Lipinski definition) is 8. The van der Waals surface area contributed by atoms with Crippen molar-refractivity contribution in [2.45, 2.75) is 64.5 Å². The van der Waals surface area contributed by atoms with E-state index in [4.69, 9.17) is 0 Å². The van der Waals surface area contributed by atoms with Crippen molar-refractivity contribution in [1.29, 1.82) is 0 Å². The molecule has 0 aliphatic rings. The highest BCUT2D eigenvalue weighted by atomic mass is 16.2. The maximum atomic E-state index is 11.6. The summed E-state index contributed by atoms with van der Waals surface area (Å²) in [7, 11) is 7.34. The predicted octanol–water partition coefficient (Wildman–Crippen LogP) is -0.661. The Bertz CT molecular complexity index is 485. The predicted molar refractivity (Wildman–Crippen MR) is 129 cm³/mol. The van der Waals surface area contributed by atoms with Crippen LogP contribution in [0.4, 0.5) is 0 Å². The quantitative estimate of drug-likeness (QED) is 0.149. The zero-order valence-electron chi connectivity index (χ0n) is 20.9. The van der Waals surface area contributed by atoms with E-state index in [0.29, 0.717) is 0 Å². The third-order valence-corrected chi connectivity index (χ3v) is 4.69. The summed E-state index contributed by atoms with van der Waals surface area (Å²) in [5.41, 5.74) is 0. The highest BCUT2D eigenvalue weighted by Crippen LogP contribution is 2.01. The van der Waals surface area contributed by atoms with Crippen LogP contribution in [0.3, 0.4) is 0 Å². The maximum Gasteiger partial charge on any atom is 0.237 e. The molecule has 0 spiro atoms. The highest BCUT2D eigenvalue weighted by Gasteiger charge is 2.16. The van der Waals surface area contributed by atoms with Gasteiger partial charge >= 0.3 is 0 Å². The van der Waals surface area contributed by atoms with Gasteiger partial charge in [0.2, 0.25) is 11.8 Å². The Morgan fingerprint density at radius 2 is 0.938 bits per heavy atom. The van der Waals surface area contributed by atoms with Crippen LogP contribution < -0.4 is 31.9 Å². The molecule has 0 aromatic rings. The van der Waals surface area contributed by atoms with Crippen LogP contribution in [0.15, 0.2) is 0 Å². The summed E-state index contributed by atoms with van der Waals surface area (Å²) in [6.07, 6.45) is 5.66. The van der Waals surface area contributed by atoms with Crippen molar-refractivity contribution in [2.75, 3.05) is 54.4 Å². The fourth-order valence-corrected chi connectivity index (χ4v) is 2.78. The van der Waals surface area contributed by atoms with Crippen molar-refractivity contribution in [2.24, 2.45) is 0 Å². The second-order valence-electron chi connectivity index (χ2n) is 7.72. The summed E-state index contributed by atoms with van der Waals surface area (Å²) in [5.74, 6) is -0.249. The number of rotatable bonds is 18. The number of hydrogen-bond donors (Lipinski definition) is 6. The largest absolute Gasteiger partial charge is 0.348 e. The molecular formula is C22H46N6O4. The molecule has 188 valence electrons. The van der Waals surface area contributed by atoms with E-state index >= 15 is 0 Å². The third-order valence-electron chi connectivity index (χ3n) is 4.69. The zero-order valence-corrected chi connectivity index (χ0v) is 20.9. The molecule has 0 aromatic carbocycles.